The summed E-state index contributed by atoms with van der Waals surface area (Å²) < 4.78 is 36.4. The van der Waals surface area contributed by atoms with Crippen molar-refractivity contribution in [3.8, 4) is 11.4 Å². The Labute approximate surface area is 166 Å². The highest BCUT2D eigenvalue weighted by Gasteiger charge is 2.28. The van der Waals surface area contributed by atoms with E-state index in [1.54, 1.807) is 7.11 Å². The van der Waals surface area contributed by atoms with E-state index in [2.05, 4.69) is 0 Å². The molecule has 0 fully saturated rings. The fraction of sp³-hybridized carbons (Fsp3) is 0.500. The van der Waals surface area contributed by atoms with Crippen LogP contribution in [0.4, 0.5) is 4.39 Å². The molecule has 0 saturated carbocycles. The molecule has 0 N–H and O–H groups in total. The molecule has 0 atom stereocenters. The van der Waals surface area contributed by atoms with Gasteiger partial charge in [-0.15, -0.1) is 0 Å². The van der Waals surface area contributed by atoms with Crippen LogP contribution in [0, 0.1) is 5.82 Å². The van der Waals surface area contributed by atoms with Gasteiger partial charge in [-0.3, -0.25) is 0 Å². The molecule has 27 heavy (non-hydrogen) atoms. The molecule has 0 aliphatic rings. The lowest BCUT2D eigenvalue weighted by Gasteiger charge is -2.15. The second kappa shape index (κ2) is 9.10. The number of rotatable bonds is 8. The summed E-state index contributed by atoms with van der Waals surface area (Å²) in [6.07, 6.45) is 0. The zero-order valence-corrected chi connectivity index (χ0v) is 17.1. The van der Waals surface area contributed by atoms with Gasteiger partial charge in [0.1, 0.15) is 18.2 Å². The average Bonchev–Trinajstić information content (AvgIpc) is 2.87. The normalized spacial score (nSPS) is 11.8. The molecule has 0 aliphatic heterocycles. The maximum Gasteiger partial charge on any atom is 0.425 e. The van der Waals surface area contributed by atoms with Crippen molar-refractivity contribution in [3.63, 3.8) is 0 Å². The predicted molar refractivity (Wildman–Crippen MR) is 101 cm³/mol. The van der Waals surface area contributed by atoms with Gasteiger partial charge in [0.15, 0.2) is 10.9 Å². The van der Waals surface area contributed by atoms with Gasteiger partial charge in [-0.05, 0) is 6.07 Å². The molecule has 0 saturated heterocycles. The van der Waals surface area contributed by atoms with E-state index in [-0.39, 0.29) is 34.0 Å². The maximum atomic E-state index is 14.5. The molecule has 1 heterocycles. The Morgan fingerprint density at radius 3 is 2.41 bits per heavy atom. The molecule has 1 aromatic heterocycles. The Hall–Kier alpha value is -1.54. The van der Waals surface area contributed by atoms with Crippen LogP contribution in [-0.4, -0.2) is 38.1 Å². The van der Waals surface area contributed by atoms with E-state index in [9.17, 15) is 9.18 Å². The van der Waals surface area contributed by atoms with Crippen LogP contribution in [0.5, 0.6) is 5.75 Å². The number of hydrogen-bond acceptors (Lipinski definition) is 5. The van der Waals surface area contributed by atoms with Crippen LogP contribution in [0.1, 0.15) is 26.5 Å². The molecule has 150 valence electrons. The first-order valence-corrected chi connectivity index (χ1v) is 9.03. The SMILES string of the molecule is COCCOCCOc1cc(-n2c(Cl)c(C(C)(C)C)oc2=O)c(F)cc1Cl. The Balaban J connectivity index is 2.29. The number of ether oxygens (including phenoxy) is 3. The van der Waals surface area contributed by atoms with Gasteiger partial charge in [0.2, 0.25) is 0 Å². The minimum Gasteiger partial charge on any atom is -0.490 e. The summed E-state index contributed by atoms with van der Waals surface area (Å²) in [7, 11) is 1.58. The van der Waals surface area contributed by atoms with E-state index in [4.69, 9.17) is 41.8 Å². The highest BCUT2D eigenvalue weighted by atomic mass is 35.5. The molecule has 0 aliphatic carbocycles. The smallest absolute Gasteiger partial charge is 0.425 e. The largest absolute Gasteiger partial charge is 0.490 e. The van der Waals surface area contributed by atoms with Crippen LogP contribution in [0.25, 0.3) is 5.69 Å². The van der Waals surface area contributed by atoms with E-state index < -0.39 is 17.0 Å². The van der Waals surface area contributed by atoms with Crippen molar-refractivity contribution in [3.05, 3.63) is 44.4 Å². The van der Waals surface area contributed by atoms with E-state index in [1.165, 1.54) is 6.07 Å². The van der Waals surface area contributed by atoms with E-state index in [0.717, 1.165) is 10.6 Å². The molecule has 2 aromatic rings. The van der Waals surface area contributed by atoms with Gasteiger partial charge in [0, 0.05) is 18.6 Å². The fourth-order valence-electron chi connectivity index (χ4n) is 2.28. The maximum absolute atomic E-state index is 14.5. The molecule has 0 amide bonds. The number of halogens is 3. The van der Waals surface area contributed by atoms with Crippen LogP contribution in [0.3, 0.4) is 0 Å². The summed E-state index contributed by atoms with van der Waals surface area (Å²) in [5.74, 6) is -1.06. The van der Waals surface area contributed by atoms with Crippen molar-refractivity contribution in [2.75, 3.05) is 33.5 Å². The lowest BCUT2D eigenvalue weighted by molar-refractivity contribution is 0.0544. The zero-order chi connectivity index (χ0) is 20.2. The summed E-state index contributed by atoms with van der Waals surface area (Å²) in [6, 6.07) is 2.37. The Morgan fingerprint density at radius 1 is 1.15 bits per heavy atom. The van der Waals surface area contributed by atoms with Gasteiger partial charge in [0.05, 0.1) is 30.5 Å². The molecule has 2 rings (SSSR count). The van der Waals surface area contributed by atoms with E-state index in [0.29, 0.717) is 19.8 Å². The zero-order valence-electron chi connectivity index (χ0n) is 15.6. The van der Waals surface area contributed by atoms with Crippen molar-refractivity contribution in [2.45, 2.75) is 26.2 Å². The van der Waals surface area contributed by atoms with Gasteiger partial charge in [-0.25, -0.2) is 13.8 Å². The van der Waals surface area contributed by atoms with Crippen LogP contribution < -0.4 is 10.5 Å². The monoisotopic (exact) mass is 421 g/mol. The third-order valence-corrected chi connectivity index (χ3v) is 4.23. The first kappa shape index (κ1) is 21.8. The van der Waals surface area contributed by atoms with Gasteiger partial charge in [-0.1, -0.05) is 44.0 Å². The van der Waals surface area contributed by atoms with Crippen LogP contribution >= 0.6 is 23.2 Å². The highest BCUT2D eigenvalue weighted by molar-refractivity contribution is 6.32. The standard InChI is InChI=1S/C18H22Cl2FNO5/c1-18(2,3)15-16(20)22(17(23)27-15)13-10-14(11(19)9-12(13)21)26-8-7-25-6-5-24-4/h9-10H,5-8H2,1-4H3. The predicted octanol–water partition coefficient (Wildman–Crippen LogP) is 4.22. The van der Waals surface area contributed by atoms with Gasteiger partial charge >= 0.3 is 5.76 Å². The Bertz CT molecular complexity index is 841. The summed E-state index contributed by atoms with van der Waals surface area (Å²) in [5, 5.41) is 0.0689. The first-order chi connectivity index (χ1) is 12.7. The Morgan fingerprint density at radius 2 is 1.81 bits per heavy atom. The third-order valence-electron chi connectivity index (χ3n) is 3.60. The molecular weight excluding hydrogens is 400 g/mol. The van der Waals surface area contributed by atoms with E-state index >= 15 is 0 Å². The number of aromatic nitrogens is 1. The molecular formula is C18H22Cl2FNO5. The summed E-state index contributed by atoms with van der Waals surface area (Å²) in [4.78, 5) is 12.3. The first-order valence-electron chi connectivity index (χ1n) is 8.27. The minimum atomic E-state index is -0.792. The molecule has 9 heteroatoms. The van der Waals surface area contributed by atoms with E-state index in [1.807, 2.05) is 20.8 Å². The van der Waals surface area contributed by atoms with Crippen molar-refractivity contribution in [1.82, 2.24) is 4.57 Å². The number of oxazole rings is 1. The third kappa shape index (κ3) is 5.25. The number of hydrogen-bond donors (Lipinski definition) is 0. The number of benzene rings is 1. The molecule has 0 radical (unpaired) electrons. The van der Waals surface area contributed by atoms with Crippen molar-refractivity contribution >= 4 is 23.2 Å². The second-order valence-electron chi connectivity index (χ2n) is 6.76. The Kier molecular flexibility index (Phi) is 7.33. The van der Waals surface area contributed by atoms with Crippen LogP contribution in [-0.2, 0) is 14.9 Å². The highest BCUT2D eigenvalue weighted by Crippen LogP contribution is 2.34. The van der Waals surface area contributed by atoms with Crippen LogP contribution in [0.15, 0.2) is 21.3 Å². The van der Waals surface area contributed by atoms with Gasteiger partial charge < -0.3 is 18.6 Å². The summed E-state index contributed by atoms with van der Waals surface area (Å²) >= 11 is 12.3. The quantitative estimate of drug-likeness (QED) is 0.597. The molecule has 6 nitrogen and oxygen atoms in total. The summed E-state index contributed by atoms with van der Waals surface area (Å²) in [5.41, 5.74) is -0.632. The molecule has 0 bridgehead atoms. The van der Waals surface area contributed by atoms with Gasteiger partial charge in [0.25, 0.3) is 0 Å². The lowest BCUT2D eigenvalue weighted by atomic mass is 9.94. The topological polar surface area (TPSA) is 62.8 Å². The molecule has 1 aromatic carbocycles. The summed E-state index contributed by atoms with van der Waals surface area (Å²) in [6.45, 7) is 6.88. The van der Waals surface area contributed by atoms with Crippen molar-refractivity contribution in [1.29, 1.82) is 0 Å². The van der Waals surface area contributed by atoms with Gasteiger partial charge in [-0.2, -0.15) is 0 Å². The fourth-order valence-corrected chi connectivity index (χ4v) is 2.97. The van der Waals surface area contributed by atoms with Crippen molar-refractivity contribution in [2.24, 2.45) is 0 Å². The second-order valence-corrected chi connectivity index (χ2v) is 7.53. The number of nitrogens with zero attached hydrogens (tertiary/aromatic N) is 1. The van der Waals surface area contributed by atoms with Crippen LogP contribution in [0.2, 0.25) is 10.2 Å². The number of methoxy groups -OCH3 is 1. The minimum absolute atomic E-state index is 0.00238. The lowest BCUT2D eigenvalue weighted by Crippen LogP contribution is -2.15. The molecule has 0 unspecified atom stereocenters. The molecule has 0 spiro atoms. The van der Waals surface area contributed by atoms with Crippen molar-refractivity contribution < 1.29 is 23.0 Å². The average molecular weight is 422 g/mol.